The summed E-state index contributed by atoms with van der Waals surface area (Å²) in [7, 11) is 1.56. The van der Waals surface area contributed by atoms with Gasteiger partial charge in [0.15, 0.2) is 4.80 Å². The smallest absolute Gasteiger partial charge is 0.338 e. The highest BCUT2D eigenvalue weighted by Crippen LogP contribution is 2.38. The Hall–Kier alpha value is -4.81. The maximum Gasteiger partial charge on any atom is 0.338 e. The van der Waals surface area contributed by atoms with Crippen LogP contribution in [0.15, 0.2) is 92.3 Å². The van der Waals surface area contributed by atoms with Crippen LogP contribution in [-0.4, -0.2) is 33.7 Å². The molecule has 0 N–H and O–H groups in total. The highest BCUT2D eigenvalue weighted by Gasteiger charge is 2.36. The molecule has 6 rings (SSSR count). The van der Waals surface area contributed by atoms with Gasteiger partial charge in [-0.25, -0.2) is 9.79 Å². The third-order valence-corrected chi connectivity index (χ3v) is 9.90. The number of ether oxygens (including phenoxy) is 2. The number of non-ortho nitro benzene ring substituents is 1. The molecule has 0 amide bonds. The van der Waals surface area contributed by atoms with Gasteiger partial charge in [0.25, 0.3) is 11.2 Å². The molecule has 0 saturated heterocycles. The number of carbonyl (C=O) groups excluding carboxylic acids is 1. The second kappa shape index (κ2) is 13.7. The Bertz CT molecular complexity index is 2280. The fourth-order valence-corrected chi connectivity index (χ4v) is 7.59. The SMILES string of the molecule is CCCC1=C(C(=O)OCC)[C@H](c2cc(Br)ccc2OC)n2c(s/c(=C/c3c(C)n(Cc4ccc([N+](=O)[O-])cc4)c4ccccc34)c2=O)=N1. The number of rotatable bonds is 10. The fourth-order valence-electron chi connectivity index (χ4n) is 6.21. The predicted octanol–water partition coefficient (Wildman–Crippen LogP) is 6.57. The lowest BCUT2D eigenvalue weighted by Crippen LogP contribution is -2.40. The van der Waals surface area contributed by atoms with Crippen molar-refractivity contribution >= 4 is 55.9 Å². The first-order valence-electron chi connectivity index (χ1n) is 15.5. The van der Waals surface area contributed by atoms with Gasteiger partial charge in [-0.2, -0.15) is 0 Å². The average Bonchev–Trinajstić information content (AvgIpc) is 3.53. The number of halogens is 1. The van der Waals surface area contributed by atoms with Crippen molar-refractivity contribution in [1.29, 1.82) is 0 Å². The van der Waals surface area contributed by atoms with E-state index < -0.39 is 16.9 Å². The van der Waals surface area contributed by atoms with Gasteiger partial charge in [-0.05, 0) is 56.2 Å². The molecule has 12 heteroatoms. The summed E-state index contributed by atoms with van der Waals surface area (Å²) in [5.41, 5.74) is 5.01. The lowest BCUT2D eigenvalue weighted by molar-refractivity contribution is -0.384. The molecule has 3 heterocycles. The summed E-state index contributed by atoms with van der Waals surface area (Å²) >= 11 is 4.85. The Morgan fingerprint density at radius 3 is 2.56 bits per heavy atom. The van der Waals surface area contributed by atoms with Gasteiger partial charge in [-0.3, -0.25) is 19.5 Å². The van der Waals surface area contributed by atoms with E-state index in [4.69, 9.17) is 14.5 Å². The van der Waals surface area contributed by atoms with E-state index in [-0.39, 0.29) is 17.9 Å². The van der Waals surface area contributed by atoms with E-state index in [0.717, 1.165) is 38.6 Å². The summed E-state index contributed by atoms with van der Waals surface area (Å²) in [5.74, 6) is 0.0126. The van der Waals surface area contributed by atoms with Gasteiger partial charge < -0.3 is 14.0 Å². The van der Waals surface area contributed by atoms with E-state index in [1.807, 2.05) is 56.3 Å². The van der Waals surface area contributed by atoms with Crippen LogP contribution < -0.4 is 19.6 Å². The van der Waals surface area contributed by atoms with Crippen LogP contribution in [0.2, 0.25) is 0 Å². The molecule has 0 unspecified atom stereocenters. The Morgan fingerprint density at radius 1 is 1.12 bits per heavy atom. The third kappa shape index (κ3) is 6.01. The third-order valence-electron chi connectivity index (χ3n) is 8.42. The Labute approximate surface area is 288 Å². The number of hydrogen-bond donors (Lipinski definition) is 0. The van der Waals surface area contributed by atoms with Crippen LogP contribution >= 0.6 is 27.3 Å². The Morgan fingerprint density at radius 2 is 1.88 bits per heavy atom. The minimum atomic E-state index is -0.818. The van der Waals surface area contributed by atoms with Crippen molar-refractivity contribution in [2.75, 3.05) is 13.7 Å². The van der Waals surface area contributed by atoms with Crippen LogP contribution in [-0.2, 0) is 16.1 Å². The summed E-state index contributed by atoms with van der Waals surface area (Å²) in [5, 5.41) is 12.1. The van der Waals surface area contributed by atoms with Crippen molar-refractivity contribution in [2.45, 2.75) is 46.2 Å². The number of aromatic nitrogens is 2. The molecule has 0 bridgehead atoms. The molecule has 0 spiro atoms. The summed E-state index contributed by atoms with van der Waals surface area (Å²) in [6, 6.07) is 19.2. The van der Waals surface area contributed by atoms with Crippen LogP contribution in [0.4, 0.5) is 5.69 Å². The van der Waals surface area contributed by atoms with Crippen molar-refractivity contribution in [3.05, 3.63) is 135 Å². The number of esters is 1. The molecule has 48 heavy (non-hydrogen) atoms. The first-order chi connectivity index (χ1) is 23.2. The zero-order valence-electron chi connectivity index (χ0n) is 26.9. The second-order valence-electron chi connectivity index (χ2n) is 11.3. The molecule has 3 aromatic carbocycles. The van der Waals surface area contributed by atoms with Gasteiger partial charge in [0.2, 0.25) is 0 Å². The highest BCUT2D eigenvalue weighted by molar-refractivity contribution is 9.10. The number of nitro benzene ring substituents is 1. The number of carbonyl (C=O) groups is 1. The molecule has 1 aliphatic rings. The van der Waals surface area contributed by atoms with Crippen molar-refractivity contribution in [3.63, 3.8) is 0 Å². The molecule has 5 aromatic rings. The minimum Gasteiger partial charge on any atom is -0.496 e. The number of benzene rings is 3. The molecule has 1 atom stereocenters. The van der Waals surface area contributed by atoms with Crippen LogP contribution in [0.1, 0.15) is 55.1 Å². The fraction of sp³-hybridized carbons (Fsp3) is 0.250. The van der Waals surface area contributed by atoms with E-state index >= 15 is 0 Å². The topological polar surface area (TPSA) is 118 Å². The first kappa shape index (κ1) is 33.1. The van der Waals surface area contributed by atoms with Crippen molar-refractivity contribution in [2.24, 2.45) is 4.99 Å². The molecule has 1 aliphatic heterocycles. The summed E-state index contributed by atoms with van der Waals surface area (Å²) in [6.45, 7) is 6.44. The summed E-state index contributed by atoms with van der Waals surface area (Å²) < 4.78 is 16.3. The van der Waals surface area contributed by atoms with Crippen molar-refractivity contribution < 1.29 is 19.2 Å². The molecule has 0 saturated carbocycles. The van der Waals surface area contributed by atoms with Gasteiger partial charge in [0.1, 0.15) is 11.8 Å². The van der Waals surface area contributed by atoms with E-state index in [2.05, 4.69) is 20.5 Å². The van der Waals surface area contributed by atoms with Gasteiger partial charge in [-0.15, -0.1) is 0 Å². The summed E-state index contributed by atoms with van der Waals surface area (Å²) in [6.07, 6.45) is 3.17. The van der Waals surface area contributed by atoms with E-state index in [0.29, 0.717) is 44.9 Å². The number of nitrogens with zero attached hydrogens (tertiary/aromatic N) is 4. The monoisotopic (exact) mass is 728 g/mol. The number of allylic oxidation sites excluding steroid dienone is 1. The number of methoxy groups -OCH3 is 1. The summed E-state index contributed by atoms with van der Waals surface area (Å²) in [4.78, 5) is 44.3. The quantitative estimate of drug-likeness (QED) is 0.0913. The van der Waals surface area contributed by atoms with Crippen molar-refractivity contribution in [1.82, 2.24) is 9.13 Å². The number of fused-ring (bicyclic) bond motifs is 2. The molecule has 0 aliphatic carbocycles. The molecule has 2 aromatic heterocycles. The number of hydrogen-bond acceptors (Lipinski definition) is 8. The molecule has 0 fully saturated rings. The molecular formula is C36H33BrN4O6S. The minimum absolute atomic E-state index is 0.0379. The predicted molar refractivity (Wildman–Crippen MR) is 189 cm³/mol. The Kier molecular flexibility index (Phi) is 9.47. The molecule has 10 nitrogen and oxygen atoms in total. The number of thiazole rings is 1. The largest absolute Gasteiger partial charge is 0.496 e. The highest BCUT2D eigenvalue weighted by atomic mass is 79.9. The number of para-hydroxylation sites is 1. The van der Waals surface area contributed by atoms with Crippen LogP contribution in [0, 0.1) is 17.0 Å². The first-order valence-corrected chi connectivity index (χ1v) is 17.1. The average molecular weight is 730 g/mol. The zero-order chi connectivity index (χ0) is 34.1. The standard InChI is InChI=1S/C36H33BrN4O6S/c1-5-9-28-32(35(43)47-6-2)33(27-18-23(37)14-17-30(27)46-4)40-34(42)31(48-36(40)38-28)19-26-21(3)39(29-11-8-7-10-25(26)29)20-22-12-15-24(16-13-22)41(44)45/h7-8,10-19,33H,5-6,9,20H2,1-4H3/b31-19+/t33-/m0/s1. The molecule has 246 valence electrons. The van der Waals surface area contributed by atoms with Gasteiger partial charge in [0, 0.05) is 50.9 Å². The lowest BCUT2D eigenvalue weighted by Gasteiger charge is -2.27. The zero-order valence-corrected chi connectivity index (χ0v) is 29.3. The van der Waals surface area contributed by atoms with E-state index in [9.17, 15) is 19.7 Å². The number of nitro groups is 1. The van der Waals surface area contributed by atoms with Crippen molar-refractivity contribution in [3.8, 4) is 5.75 Å². The van der Waals surface area contributed by atoms with Crippen LogP contribution in [0.25, 0.3) is 17.0 Å². The Balaban J connectivity index is 1.57. The van der Waals surface area contributed by atoms with Crippen LogP contribution in [0.5, 0.6) is 5.75 Å². The normalized spacial score (nSPS) is 14.6. The molecular weight excluding hydrogens is 696 g/mol. The van der Waals surface area contributed by atoms with E-state index in [1.165, 1.54) is 23.5 Å². The second-order valence-corrected chi connectivity index (χ2v) is 13.3. The van der Waals surface area contributed by atoms with Crippen LogP contribution in [0.3, 0.4) is 0 Å². The van der Waals surface area contributed by atoms with E-state index in [1.54, 1.807) is 36.8 Å². The van der Waals surface area contributed by atoms with Gasteiger partial charge in [0.05, 0.1) is 34.4 Å². The van der Waals surface area contributed by atoms with Gasteiger partial charge in [-0.1, -0.05) is 70.9 Å². The lowest BCUT2D eigenvalue weighted by atomic mass is 9.93. The molecule has 0 radical (unpaired) electrons. The maximum atomic E-state index is 14.5. The maximum absolute atomic E-state index is 14.5. The van der Waals surface area contributed by atoms with Gasteiger partial charge >= 0.3 is 5.97 Å².